The topological polar surface area (TPSA) is 55.4 Å². The smallest absolute Gasteiger partial charge is 0.337 e. The zero-order chi connectivity index (χ0) is 14.6. The number of carbonyl (C=O) groups is 2. The molecule has 1 aliphatic rings. The molecule has 1 aromatic carbocycles. The van der Waals surface area contributed by atoms with Crippen molar-refractivity contribution in [2.75, 3.05) is 12.4 Å². The Hall–Kier alpha value is -1.84. The maximum atomic E-state index is 12.5. The van der Waals surface area contributed by atoms with Crippen LogP contribution in [0.1, 0.15) is 49.4 Å². The average molecular weight is 275 g/mol. The molecule has 0 unspecified atom stereocenters. The molecule has 4 heteroatoms. The summed E-state index contributed by atoms with van der Waals surface area (Å²) in [6.45, 7) is 2.07. The molecule has 1 fully saturated rings. The lowest BCUT2D eigenvalue weighted by Crippen LogP contribution is -2.33. The van der Waals surface area contributed by atoms with Gasteiger partial charge in [0.2, 0.25) is 5.91 Å². The second-order valence-electron chi connectivity index (χ2n) is 5.37. The normalized spacial score (nSPS) is 16.7. The third kappa shape index (κ3) is 2.84. The number of hydrogen-bond acceptors (Lipinski definition) is 3. The summed E-state index contributed by atoms with van der Waals surface area (Å²) < 4.78 is 4.69. The molecular weight excluding hydrogens is 254 g/mol. The Kier molecular flexibility index (Phi) is 4.42. The van der Waals surface area contributed by atoms with Crippen molar-refractivity contribution in [1.29, 1.82) is 0 Å². The molecule has 0 aliphatic heterocycles. The van der Waals surface area contributed by atoms with Crippen LogP contribution in [0, 0.1) is 5.41 Å². The Bertz CT molecular complexity index is 504. The standard InChI is InChI=1S/C16H21NO3/c1-3-16(9-4-5-10-16)15(19)17-13-8-6-7-12(11-13)14(18)20-2/h6-8,11H,3-5,9-10H2,1-2H3,(H,17,19). The number of ether oxygens (including phenoxy) is 1. The molecule has 1 aromatic rings. The second kappa shape index (κ2) is 6.07. The minimum absolute atomic E-state index is 0.0690. The highest BCUT2D eigenvalue weighted by Crippen LogP contribution is 2.41. The summed E-state index contributed by atoms with van der Waals surface area (Å²) >= 11 is 0. The van der Waals surface area contributed by atoms with Gasteiger partial charge in [0.05, 0.1) is 12.7 Å². The van der Waals surface area contributed by atoms with E-state index in [0.29, 0.717) is 11.3 Å². The van der Waals surface area contributed by atoms with Crippen molar-refractivity contribution in [3.63, 3.8) is 0 Å². The van der Waals surface area contributed by atoms with Gasteiger partial charge in [-0.25, -0.2) is 4.79 Å². The molecule has 1 N–H and O–H groups in total. The maximum absolute atomic E-state index is 12.5. The lowest BCUT2D eigenvalue weighted by atomic mass is 9.82. The monoisotopic (exact) mass is 275 g/mol. The Morgan fingerprint density at radius 3 is 2.60 bits per heavy atom. The number of hydrogen-bond donors (Lipinski definition) is 1. The van der Waals surface area contributed by atoms with Gasteiger partial charge in [-0.2, -0.15) is 0 Å². The minimum Gasteiger partial charge on any atom is -0.465 e. The van der Waals surface area contributed by atoms with Crippen molar-refractivity contribution in [2.45, 2.75) is 39.0 Å². The summed E-state index contributed by atoms with van der Waals surface area (Å²) in [5, 5.41) is 2.95. The van der Waals surface area contributed by atoms with Gasteiger partial charge >= 0.3 is 5.97 Å². The highest BCUT2D eigenvalue weighted by molar-refractivity contribution is 5.97. The Morgan fingerprint density at radius 2 is 2.00 bits per heavy atom. The first kappa shape index (κ1) is 14.6. The summed E-state index contributed by atoms with van der Waals surface area (Å²) in [5.74, 6) is -0.327. The second-order valence-corrected chi connectivity index (χ2v) is 5.37. The van der Waals surface area contributed by atoms with Crippen LogP contribution in [0.25, 0.3) is 0 Å². The summed E-state index contributed by atoms with van der Waals surface area (Å²) in [6, 6.07) is 6.87. The number of methoxy groups -OCH3 is 1. The van der Waals surface area contributed by atoms with Gasteiger partial charge in [-0.1, -0.05) is 25.8 Å². The molecule has 0 heterocycles. The van der Waals surface area contributed by atoms with E-state index in [2.05, 4.69) is 17.0 Å². The van der Waals surface area contributed by atoms with Gasteiger partial charge in [0.1, 0.15) is 0 Å². The molecule has 0 bridgehead atoms. The number of anilines is 1. The lowest BCUT2D eigenvalue weighted by Gasteiger charge is -2.26. The highest BCUT2D eigenvalue weighted by atomic mass is 16.5. The van der Waals surface area contributed by atoms with E-state index < -0.39 is 5.97 Å². The molecule has 0 aromatic heterocycles. The summed E-state index contributed by atoms with van der Waals surface area (Å²) in [6.07, 6.45) is 4.99. The van der Waals surface area contributed by atoms with Crippen molar-refractivity contribution >= 4 is 17.6 Å². The molecule has 20 heavy (non-hydrogen) atoms. The first-order valence-electron chi connectivity index (χ1n) is 7.11. The van der Waals surface area contributed by atoms with Gasteiger partial charge in [-0.15, -0.1) is 0 Å². The Morgan fingerprint density at radius 1 is 1.30 bits per heavy atom. The fourth-order valence-electron chi connectivity index (χ4n) is 2.90. The van der Waals surface area contributed by atoms with Crippen molar-refractivity contribution in [3.8, 4) is 0 Å². The highest BCUT2D eigenvalue weighted by Gasteiger charge is 2.39. The zero-order valence-electron chi connectivity index (χ0n) is 12.1. The van der Waals surface area contributed by atoms with Crippen LogP contribution in [-0.4, -0.2) is 19.0 Å². The van der Waals surface area contributed by atoms with Crippen LogP contribution >= 0.6 is 0 Å². The molecule has 0 spiro atoms. The molecule has 1 amide bonds. The minimum atomic E-state index is -0.396. The average Bonchev–Trinajstić information content (AvgIpc) is 2.97. The summed E-state index contributed by atoms with van der Waals surface area (Å²) in [7, 11) is 1.35. The zero-order valence-corrected chi connectivity index (χ0v) is 12.1. The number of esters is 1. The Balaban J connectivity index is 2.13. The van der Waals surface area contributed by atoms with Gasteiger partial charge in [0.25, 0.3) is 0 Å². The van der Waals surface area contributed by atoms with Gasteiger partial charge in [-0.05, 0) is 37.5 Å². The van der Waals surface area contributed by atoms with E-state index in [-0.39, 0.29) is 11.3 Å². The largest absolute Gasteiger partial charge is 0.465 e. The number of rotatable bonds is 4. The summed E-state index contributed by atoms with van der Waals surface area (Å²) in [4.78, 5) is 24.0. The lowest BCUT2D eigenvalue weighted by molar-refractivity contribution is -0.125. The number of carbonyl (C=O) groups excluding carboxylic acids is 2. The van der Waals surface area contributed by atoms with Crippen molar-refractivity contribution in [2.24, 2.45) is 5.41 Å². The maximum Gasteiger partial charge on any atom is 0.337 e. The molecular formula is C16H21NO3. The molecule has 2 rings (SSSR count). The first-order chi connectivity index (χ1) is 9.61. The fraction of sp³-hybridized carbons (Fsp3) is 0.500. The van der Waals surface area contributed by atoms with E-state index in [1.54, 1.807) is 24.3 Å². The fourth-order valence-corrected chi connectivity index (χ4v) is 2.90. The van der Waals surface area contributed by atoms with Crippen LogP contribution in [0.4, 0.5) is 5.69 Å². The van der Waals surface area contributed by atoms with Crippen LogP contribution < -0.4 is 5.32 Å². The molecule has 1 saturated carbocycles. The van der Waals surface area contributed by atoms with Crippen LogP contribution in [0.15, 0.2) is 24.3 Å². The first-order valence-corrected chi connectivity index (χ1v) is 7.11. The van der Waals surface area contributed by atoms with E-state index >= 15 is 0 Å². The SMILES string of the molecule is CCC1(C(=O)Nc2cccc(C(=O)OC)c2)CCCC1. The molecule has 0 saturated heterocycles. The van der Waals surface area contributed by atoms with Crippen molar-refractivity contribution in [1.82, 2.24) is 0 Å². The van der Waals surface area contributed by atoms with Gasteiger partial charge < -0.3 is 10.1 Å². The van der Waals surface area contributed by atoms with E-state index in [4.69, 9.17) is 0 Å². The molecule has 0 radical (unpaired) electrons. The van der Waals surface area contributed by atoms with Gasteiger partial charge in [0, 0.05) is 11.1 Å². The number of amides is 1. The van der Waals surface area contributed by atoms with E-state index in [0.717, 1.165) is 32.1 Å². The predicted molar refractivity (Wildman–Crippen MR) is 77.6 cm³/mol. The van der Waals surface area contributed by atoms with E-state index in [9.17, 15) is 9.59 Å². The molecule has 0 atom stereocenters. The molecule has 4 nitrogen and oxygen atoms in total. The molecule has 108 valence electrons. The van der Waals surface area contributed by atoms with Crippen molar-refractivity contribution < 1.29 is 14.3 Å². The third-order valence-corrected chi connectivity index (χ3v) is 4.26. The number of nitrogens with one attached hydrogen (secondary N) is 1. The predicted octanol–water partition coefficient (Wildman–Crippen LogP) is 3.38. The third-order valence-electron chi connectivity index (χ3n) is 4.26. The van der Waals surface area contributed by atoms with E-state index in [1.807, 2.05) is 0 Å². The van der Waals surface area contributed by atoms with Gasteiger partial charge in [0.15, 0.2) is 0 Å². The number of benzene rings is 1. The van der Waals surface area contributed by atoms with Crippen LogP contribution in [-0.2, 0) is 9.53 Å². The van der Waals surface area contributed by atoms with E-state index in [1.165, 1.54) is 7.11 Å². The molecule has 1 aliphatic carbocycles. The van der Waals surface area contributed by atoms with Crippen LogP contribution in [0.3, 0.4) is 0 Å². The van der Waals surface area contributed by atoms with Crippen LogP contribution in [0.5, 0.6) is 0 Å². The van der Waals surface area contributed by atoms with Gasteiger partial charge in [-0.3, -0.25) is 4.79 Å². The van der Waals surface area contributed by atoms with Crippen LogP contribution in [0.2, 0.25) is 0 Å². The van der Waals surface area contributed by atoms with Crippen molar-refractivity contribution in [3.05, 3.63) is 29.8 Å². The quantitative estimate of drug-likeness (QED) is 0.857. The Labute approximate surface area is 119 Å². The summed E-state index contributed by atoms with van der Waals surface area (Å²) in [5.41, 5.74) is 0.862.